The van der Waals surface area contributed by atoms with Crippen molar-refractivity contribution >= 4 is 23.1 Å². The molecule has 0 saturated heterocycles. The number of nitrogens with one attached hydrogen (secondary N) is 1. The van der Waals surface area contributed by atoms with Gasteiger partial charge in [-0.05, 0) is 66.5 Å². The highest BCUT2D eigenvalue weighted by Gasteiger charge is 2.28. The number of nitriles is 1. The van der Waals surface area contributed by atoms with Gasteiger partial charge in [-0.1, -0.05) is 35.9 Å². The Labute approximate surface area is 237 Å². The Balaban J connectivity index is 1.41. The van der Waals surface area contributed by atoms with Crippen molar-refractivity contribution in [3.8, 4) is 17.6 Å². The van der Waals surface area contributed by atoms with Gasteiger partial charge in [0.05, 0.1) is 17.2 Å². The SMILES string of the molecule is N#Cc1cncc(COc2cc(O[C@H]3CCc4c(C5=CCCC5)cccc43)c(Cl)cc2CN[C@@H](CO)C(=O)O)c1. The number of benzene rings is 2. The average Bonchev–Trinajstić information content (AvgIpc) is 3.64. The Morgan fingerprint density at radius 1 is 1.23 bits per heavy atom. The number of pyridine rings is 1. The fourth-order valence-corrected chi connectivity index (χ4v) is 5.53. The Hall–Kier alpha value is -3.90. The number of rotatable bonds is 11. The molecule has 206 valence electrons. The molecule has 1 heterocycles. The molecule has 9 heteroatoms. The van der Waals surface area contributed by atoms with E-state index in [0.29, 0.717) is 33.2 Å². The van der Waals surface area contributed by atoms with Gasteiger partial charge in [-0.25, -0.2) is 0 Å². The van der Waals surface area contributed by atoms with Gasteiger partial charge in [-0.3, -0.25) is 15.1 Å². The molecule has 2 aromatic carbocycles. The van der Waals surface area contributed by atoms with Crippen LogP contribution in [-0.4, -0.2) is 33.8 Å². The molecule has 0 fully saturated rings. The van der Waals surface area contributed by atoms with Gasteiger partial charge >= 0.3 is 5.97 Å². The lowest BCUT2D eigenvalue weighted by Crippen LogP contribution is -2.39. The third-order valence-corrected chi connectivity index (χ3v) is 7.62. The van der Waals surface area contributed by atoms with E-state index in [4.69, 9.17) is 21.1 Å². The molecule has 2 aliphatic carbocycles. The first kappa shape index (κ1) is 27.7. The van der Waals surface area contributed by atoms with E-state index in [1.54, 1.807) is 24.4 Å². The van der Waals surface area contributed by atoms with Crippen molar-refractivity contribution in [2.45, 2.75) is 57.4 Å². The number of aliphatic hydroxyl groups is 1. The summed E-state index contributed by atoms with van der Waals surface area (Å²) in [5.41, 5.74) is 6.96. The lowest BCUT2D eigenvalue weighted by atomic mass is 9.96. The molecule has 5 rings (SSSR count). The summed E-state index contributed by atoms with van der Waals surface area (Å²) in [5, 5.41) is 31.1. The minimum atomic E-state index is -1.16. The predicted molar refractivity (Wildman–Crippen MR) is 150 cm³/mol. The van der Waals surface area contributed by atoms with Gasteiger partial charge in [0.1, 0.15) is 36.3 Å². The van der Waals surface area contributed by atoms with Crippen LogP contribution in [0.2, 0.25) is 5.02 Å². The Morgan fingerprint density at radius 2 is 2.10 bits per heavy atom. The second-order valence-corrected chi connectivity index (χ2v) is 10.4. The second-order valence-electron chi connectivity index (χ2n) is 9.97. The van der Waals surface area contributed by atoms with Crippen molar-refractivity contribution in [3.05, 3.63) is 93.3 Å². The van der Waals surface area contributed by atoms with E-state index in [2.05, 4.69) is 40.6 Å². The van der Waals surface area contributed by atoms with Gasteiger partial charge in [0.2, 0.25) is 0 Å². The standard InChI is InChI=1S/C31H30ClN3O5/c32-26-11-22(16-35-27(17-36)31(37)38)29(39-18-20-10-19(13-33)14-34-15-20)12-30(26)40-28-9-8-24-23(6-3-7-25(24)28)21-4-1-2-5-21/h3-4,6-7,10-12,14-15,27-28,35-36H,1-2,5,8-9,16-18H2,(H,37,38)/t27-,28-/m0/s1. The molecule has 0 spiro atoms. The Bertz CT molecular complexity index is 1480. The van der Waals surface area contributed by atoms with Crippen LogP contribution in [-0.2, 0) is 24.4 Å². The number of allylic oxidation sites excluding steroid dienone is 2. The number of hydrogen-bond donors (Lipinski definition) is 3. The minimum Gasteiger partial charge on any atom is -0.488 e. The van der Waals surface area contributed by atoms with Crippen LogP contribution in [0, 0.1) is 11.3 Å². The van der Waals surface area contributed by atoms with Crippen molar-refractivity contribution in [3.63, 3.8) is 0 Å². The van der Waals surface area contributed by atoms with Crippen LogP contribution in [0.15, 0.2) is 54.9 Å². The Kier molecular flexibility index (Phi) is 8.66. The first-order chi connectivity index (χ1) is 19.5. The van der Waals surface area contributed by atoms with Crippen LogP contribution >= 0.6 is 11.6 Å². The van der Waals surface area contributed by atoms with E-state index in [0.717, 1.165) is 25.7 Å². The molecule has 0 radical (unpaired) electrons. The predicted octanol–water partition coefficient (Wildman–Crippen LogP) is 5.35. The van der Waals surface area contributed by atoms with E-state index in [9.17, 15) is 20.3 Å². The van der Waals surface area contributed by atoms with Gasteiger partial charge in [-0.2, -0.15) is 5.26 Å². The summed E-state index contributed by atoms with van der Waals surface area (Å²) in [6.07, 6.45) is 10.5. The summed E-state index contributed by atoms with van der Waals surface area (Å²) in [5.74, 6) is -0.257. The smallest absolute Gasteiger partial charge is 0.323 e. The van der Waals surface area contributed by atoms with Gasteiger partial charge in [0.25, 0.3) is 0 Å². The van der Waals surface area contributed by atoms with Gasteiger partial charge in [-0.15, -0.1) is 0 Å². The lowest BCUT2D eigenvalue weighted by molar-refractivity contribution is -0.140. The number of halogens is 1. The molecule has 3 N–H and O–H groups in total. The largest absolute Gasteiger partial charge is 0.488 e. The van der Waals surface area contributed by atoms with Gasteiger partial charge in [0.15, 0.2) is 0 Å². The van der Waals surface area contributed by atoms with Crippen LogP contribution < -0.4 is 14.8 Å². The lowest BCUT2D eigenvalue weighted by Gasteiger charge is -2.20. The molecule has 2 aliphatic rings. The number of fused-ring (bicyclic) bond motifs is 1. The van der Waals surface area contributed by atoms with E-state index in [1.165, 1.54) is 34.9 Å². The highest BCUT2D eigenvalue weighted by molar-refractivity contribution is 6.32. The third-order valence-electron chi connectivity index (χ3n) is 7.32. The summed E-state index contributed by atoms with van der Waals surface area (Å²) in [6, 6.07) is 12.4. The fourth-order valence-electron chi connectivity index (χ4n) is 5.30. The van der Waals surface area contributed by atoms with Gasteiger partial charge in [0, 0.05) is 36.1 Å². The highest BCUT2D eigenvalue weighted by Crippen LogP contribution is 2.43. The number of carbonyl (C=O) groups is 1. The zero-order chi connectivity index (χ0) is 28.1. The molecule has 1 aromatic heterocycles. The second kappa shape index (κ2) is 12.5. The summed E-state index contributed by atoms with van der Waals surface area (Å²) in [6.45, 7) is -0.342. The molecular formula is C31H30ClN3O5. The van der Waals surface area contributed by atoms with Gasteiger partial charge < -0.3 is 19.7 Å². The molecule has 40 heavy (non-hydrogen) atoms. The van der Waals surface area contributed by atoms with Crippen molar-refractivity contribution in [1.82, 2.24) is 10.3 Å². The molecule has 0 aliphatic heterocycles. The van der Waals surface area contributed by atoms with Crippen LogP contribution in [0.5, 0.6) is 11.5 Å². The van der Waals surface area contributed by atoms with Crippen molar-refractivity contribution in [1.29, 1.82) is 5.26 Å². The molecule has 2 atom stereocenters. The number of aliphatic hydroxyl groups excluding tert-OH is 1. The first-order valence-electron chi connectivity index (χ1n) is 13.3. The summed E-state index contributed by atoms with van der Waals surface area (Å²) >= 11 is 6.68. The normalized spacial score (nSPS) is 16.6. The maximum atomic E-state index is 11.4. The van der Waals surface area contributed by atoms with Crippen LogP contribution in [0.1, 0.15) is 65.2 Å². The van der Waals surface area contributed by atoms with Crippen molar-refractivity contribution in [2.24, 2.45) is 0 Å². The van der Waals surface area contributed by atoms with E-state index in [1.807, 2.05) is 0 Å². The number of hydrogen-bond acceptors (Lipinski definition) is 7. The minimum absolute atomic E-state index is 0.0913. The van der Waals surface area contributed by atoms with Crippen LogP contribution in [0.3, 0.4) is 0 Å². The monoisotopic (exact) mass is 559 g/mol. The molecule has 8 nitrogen and oxygen atoms in total. The quantitative estimate of drug-likeness (QED) is 0.287. The molecule has 0 bridgehead atoms. The molecule has 3 aromatic rings. The van der Waals surface area contributed by atoms with E-state index < -0.39 is 18.6 Å². The highest BCUT2D eigenvalue weighted by atomic mass is 35.5. The summed E-state index contributed by atoms with van der Waals surface area (Å²) in [7, 11) is 0. The maximum absolute atomic E-state index is 11.4. The molecule has 0 amide bonds. The summed E-state index contributed by atoms with van der Waals surface area (Å²) < 4.78 is 12.6. The zero-order valence-electron chi connectivity index (χ0n) is 21.9. The fraction of sp³-hybridized carbons (Fsp3) is 0.323. The van der Waals surface area contributed by atoms with Crippen LogP contribution in [0.4, 0.5) is 0 Å². The number of nitrogens with zero attached hydrogens (tertiary/aromatic N) is 2. The molecule has 0 unspecified atom stereocenters. The number of aromatic nitrogens is 1. The number of ether oxygens (including phenoxy) is 2. The Morgan fingerprint density at radius 3 is 2.85 bits per heavy atom. The first-order valence-corrected chi connectivity index (χ1v) is 13.7. The maximum Gasteiger partial charge on any atom is 0.323 e. The number of carboxylic acids is 1. The third kappa shape index (κ3) is 6.13. The van der Waals surface area contributed by atoms with Crippen molar-refractivity contribution < 1.29 is 24.5 Å². The number of carboxylic acid groups (broad SMARTS) is 1. The molecule has 0 saturated carbocycles. The number of aliphatic carboxylic acids is 1. The topological polar surface area (TPSA) is 125 Å². The van der Waals surface area contributed by atoms with E-state index >= 15 is 0 Å². The molecular weight excluding hydrogens is 530 g/mol. The zero-order valence-corrected chi connectivity index (χ0v) is 22.7. The summed E-state index contributed by atoms with van der Waals surface area (Å²) in [4.78, 5) is 15.5. The average molecular weight is 560 g/mol. The van der Waals surface area contributed by atoms with Crippen molar-refractivity contribution in [2.75, 3.05) is 6.61 Å². The van der Waals surface area contributed by atoms with Crippen LogP contribution in [0.25, 0.3) is 5.57 Å². The van der Waals surface area contributed by atoms with E-state index in [-0.39, 0.29) is 19.3 Å².